The molecular weight excluding hydrogens is 392 g/mol. The molecule has 1 amide bonds. The molecule has 1 aliphatic rings. The number of nitrogens with one attached hydrogen (secondary N) is 1. The Morgan fingerprint density at radius 2 is 1.90 bits per heavy atom. The van der Waals surface area contributed by atoms with E-state index in [9.17, 15) is 4.79 Å². The molecule has 0 fully saturated rings. The maximum absolute atomic E-state index is 11.5. The lowest BCUT2D eigenvalue weighted by Crippen LogP contribution is -2.11. The Labute approximate surface area is 183 Å². The molecule has 0 saturated carbocycles. The highest BCUT2D eigenvalue weighted by Crippen LogP contribution is 2.36. The summed E-state index contributed by atoms with van der Waals surface area (Å²) in [5.74, 6) is -0.103. The van der Waals surface area contributed by atoms with Crippen molar-refractivity contribution in [2.45, 2.75) is 20.8 Å². The standard InChI is InChI=1S/C26H25ClN2O/c1-6-18-12-21(23-11-10-19(16(2)3)15-25(23)27)14-24(26(18)28-5)20-8-7-9-22(13-20)29-17(4)30/h6-15H,2H2,1,3-5H3,(H,29,30)/b18-6-,28-26?. The smallest absolute Gasteiger partial charge is 0.221 e. The van der Waals surface area contributed by atoms with Crippen molar-refractivity contribution < 1.29 is 4.79 Å². The van der Waals surface area contributed by atoms with E-state index in [0.717, 1.165) is 50.4 Å². The van der Waals surface area contributed by atoms with Crippen LogP contribution in [0, 0.1) is 0 Å². The van der Waals surface area contributed by atoms with E-state index in [1.165, 1.54) is 6.92 Å². The van der Waals surface area contributed by atoms with E-state index >= 15 is 0 Å². The van der Waals surface area contributed by atoms with Crippen molar-refractivity contribution in [1.82, 2.24) is 0 Å². The molecule has 2 aromatic rings. The van der Waals surface area contributed by atoms with Crippen LogP contribution in [0.5, 0.6) is 0 Å². The van der Waals surface area contributed by atoms with Gasteiger partial charge in [-0.3, -0.25) is 9.79 Å². The average molecular weight is 417 g/mol. The topological polar surface area (TPSA) is 41.5 Å². The molecule has 152 valence electrons. The van der Waals surface area contributed by atoms with Gasteiger partial charge in [-0.1, -0.05) is 54.1 Å². The summed E-state index contributed by atoms with van der Waals surface area (Å²) in [5.41, 5.74) is 8.58. The monoisotopic (exact) mass is 416 g/mol. The molecule has 0 aliphatic heterocycles. The first-order valence-corrected chi connectivity index (χ1v) is 10.1. The van der Waals surface area contributed by atoms with E-state index in [1.807, 2.05) is 62.4 Å². The molecule has 0 radical (unpaired) electrons. The van der Waals surface area contributed by atoms with Crippen LogP contribution in [0.4, 0.5) is 5.69 Å². The third kappa shape index (κ3) is 4.52. The predicted octanol–water partition coefficient (Wildman–Crippen LogP) is 6.83. The molecule has 30 heavy (non-hydrogen) atoms. The van der Waals surface area contributed by atoms with Gasteiger partial charge in [0.05, 0.1) is 5.71 Å². The first-order chi connectivity index (χ1) is 14.3. The molecule has 3 nitrogen and oxygen atoms in total. The highest BCUT2D eigenvalue weighted by atomic mass is 35.5. The summed E-state index contributed by atoms with van der Waals surface area (Å²) < 4.78 is 0. The second kappa shape index (κ2) is 9.10. The molecule has 0 bridgehead atoms. The van der Waals surface area contributed by atoms with Crippen LogP contribution in [-0.2, 0) is 4.79 Å². The minimum Gasteiger partial charge on any atom is -0.326 e. The van der Waals surface area contributed by atoms with Gasteiger partial charge in [0.2, 0.25) is 5.91 Å². The van der Waals surface area contributed by atoms with Crippen molar-refractivity contribution >= 4 is 45.6 Å². The summed E-state index contributed by atoms with van der Waals surface area (Å²) in [5, 5.41) is 3.52. The molecule has 1 aliphatic carbocycles. The van der Waals surface area contributed by atoms with Gasteiger partial charge in [-0.25, -0.2) is 0 Å². The van der Waals surface area contributed by atoms with Gasteiger partial charge in [-0.15, -0.1) is 0 Å². The van der Waals surface area contributed by atoms with Crippen molar-refractivity contribution in [3.05, 3.63) is 94.6 Å². The van der Waals surface area contributed by atoms with E-state index < -0.39 is 0 Å². The predicted molar refractivity (Wildman–Crippen MR) is 130 cm³/mol. The highest BCUT2D eigenvalue weighted by Gasteiger charge is 2.20. The lowest BCUT2D eigenvalue weighted by atomic mass is 9.85. The maximum Gasteiger partial charge on any atom is 0.221 e. The fourth-order valence-electron chi connectivity index (χ4n) is 3.48. The summed E-state index contributed by atoms with van der Waals surface area (Å²) in [7, 11) is 1.79. The number of allylic oxidation sites excluding steroid dienone is 7. The molecule has 0 unspecified atom stereocenters. The van der Waals surface area contributed by atoms with Gasteiger partial charge in [0, 0.05) is 35.8 Å². The number of halogens is 1. The largest absolute Gasteiger partial charge is 0.326 e. The third-order valence-electron chi connectivity index (χ3n) is 4.94. The van der Waals surface area contributed by atoms with E-state index in [2.05, 4.69) is 29.0 Å². The second-order valence-electron chi connectivity index (χ2n) is 7.21. The molecule has 0 aromatic heterocycles. The van der Waals surface area contributed by atoms with Crippen molar-refractivity contribution in [1.29, 1.82) is 0 Å². The number of anilines is 1. The minimum absolute atomic E-state index is 0.103. The Morgan fingerprint density at radius 1 is 1.13 bits per heavy atom. The van der Waals surface area contributed by atoms with Gasteiger partial charge in [0.15, 0.2) is 0 Å². The normalized spacial score (nSPS) is 16.3. The van der Waals surface area contributed by atoms with Crippen LogP contribution in [0.3, 0.4) is 0 Å². The van der Waals surface area contributed by atoms with Crippen LogP contribution in [-0.4, -0.2) is 18.7 Å². The van der Waals surface area contributed by atoms with E-state index in [-0.39, 0.29) is 5.91 Å². The molecule has 0 heterocycles. The number of benzene rings is 2. The average Bonchev–Trinajstić information content (AvgIpc) is 2.72. The molecule has 1 N–H and O–H groups in total. The van der Waals surface area contributed by atoms with Crippen LogP contribution in [0.25, 0.3) is 16.7 Å². The molecule has 0 atom stereocenters. The first-order valence-electron chi connectivity index (χ1n) is 9.75. The van der Waals surface area contributed by atoms with Gasteiger partial charge >= 0.3 is 0 Å². The Morgan fingerprint density at radius 3 is 2.50 bits per heavy atom. The fraction of sp³-hybridized carbons (Fsp3) is 0.154. The lowest BCUT2D eigenvalue weighted by molar-refractivity contribution is -0.114. The van der Waals surface area contributed by atoms with Gasteiger partial charge in [0.25, 0.3) is 0 Å². The molecule has 0 spiro atoms. The number of hydrogen-bond donors (Lipinski definition) is 1. The number of amides is 1. The van der Waals surface area contributed by atoms with Crippen LogP contribution in [0.1, 0.15) is 37.5 Å². The van der Waals surface area contributed by atoms with Crippen LogP contribution in [0.15, 0.2) is 77.8 Å². The van der Waals surface area contributed by atoms with Crippen LogP contribution in [0.2, 0.25) is 5.02 Å². The summed E-state index contributed by atoms with van der Waals surface area (Å²) in [4.78, 5) is 16.0. The molecule has 4 heteroatoms. The quantitative estimate of drug-likeness (QED) is 0.583. The van der Waals surface area contributed by atoms with E-state index in [4.69, 9.17) is 11.6 Å². The second-order valence-corrected chi connectivity index (χ2v) is 7.62. The summed E-state index contributed by atoms with van der Waals surface area (Å²) in [6.45, 7) is 9.46. The van der Waals surface area contributed by atoms with E-state index in [0.29, 0.717) is 5.02 Å². The van der Waals surface area contributed by atoms with Crippen molar-refractivity contribution in [2.24, 2.45) is 4.99 Å². The maximum atomic E-state index is 11.5. The fourth-order valence-corrected chi connectivity index (χ4v) is 3.77. The Kier molecular flexibility index (Phi) is 6.53. The highest BCUT2D eigenvalue weighted by molar-refractivity contribution is 6.37. The van der Waals surface area contributed by atoms with Crippen LogP contribution < -0.4 is 5.32 Å². The minimum atomic E-state index is -0.103. The molecule has 2 aromatic carbocycles. The first kappa shape index (κ1) is 21.5. The third-order valence-corrected chi connectivity index (χ3v) is 5.25. The Hall–Kier alpha value is -3.17. The summed E-state index contributed by atoms with van der Waals surface area (Å²) >= 11 is 6.64. The van der Waals surface area contributed by atoms with Crippen molar-refractivity contribution in [3.8, 4) is 0 Å². The van der Waals surface area contributed by atoms with Gasteiger partial charge in [-0.2, -0.15) is 0 Å². The number of rotatable bonds is 4. The van der Waals surface area contributed by atoms with Crippen LogP contribution >= 0.6 is 11.6 Å². The zero-order valence-electron chi connectivity index (χ0n) is 17.7. The summed E-state index contributed by atoms with van der Waals surface area (Å²) in [6, 6.07) is 13.8. The van der Waals surface area contributed by atoms with Gasteiger partial charge in [-0.05, 0) is 66.5 Å². The van der Waals surface area contributed by atoms with Gasteiger partial charge < -0.3 is 5.32 Å². The molecular formula is C26H25ClN2O. The SMILES string of the molecule is C=C(C)c1ccc(C2=C/C(=C/C)C(=NC)C(c3cccc(NC(C)=O)c3)=C2)c(Cl)c1. The summed E-state index contributed by atoms with van der Waals surface area (Å²) in [6.07, 6.45) is 6.25. The van der Waals surface area contributed by atoms with Crippen molar-refractivity contribution in [3.63, 3.8) is 0 Å². The zero-order chi connectivity index (χ0) is 21.8. The number of carbonyl (C=O) groups is 1. The van der Waals surface area contributed by atoms with Gasteiger partial charge in [0.1, 0.15) is 0 Å². The number of aliphatic imine (C=N–C) groups is 1. The lowest BCUT2D eigenvalue weighted by Gasteiger charge is -2.21. The van der Waals surface area contributed by atoms with E-state index in [1.54, 1.807) is 7.05 Å². The number of carbonyl (C=O) groups excluding carboxylic acids is 1. The Bertz CT molecular complexity index is 1150. The van der Waals surface area contributed by atoms with Crippen molar-refractivity contribution in [2.75, 3.05) is 12.4 Å². The Balaban J connectivity index is 2.15. The number of hydrogen-bond acceptors (Lipinski definition) is 2. The number of nitrogens with zero attached hydrogens (tertiary/aromatic N) is 1. The molecule has 0 saturated heterocycles. The zero-order valence-corrected chi connectivity index (χ0v) is 18.5. The molecule has 3 rings (SSSR count).